The van der Waals surface area contributed by atoms with Crippen molar-refractivity contribution in [3.63, 3.8) is 0 Å². The third kappa shape index (κ3) is 2.87. The Labute approximate surface area is 120 Å². The Kier molecular flexibility index (Phi) is 4.18. The minimum atomic E-state index is -3.61. The topological polar surface area (TPSA) is 49.4 Å². The molecule has 1 fully saturated rings. The van der Waals surface area contributed by atoms with Crippen LogP contribution in [0.5, 0.6) is 0 Å². The second kappa shape index (κ2) is 5.42. The third-order valence-electron chi connectivity index (χ3n) is 4.20. The van der Waals surface area contributed by atoms with E-state index in [0.717, 1.165) is 18.9 Å². The van der Waals surface area contributed by atoms with E-state index in [1.165, 1.54) is 16.4 Å². The van der Waals surface area contributed by atoms with E-state index >= 15 is 0 Å². The van der Waals surface area contributed by atoms with Crippen LogP contribution in [0.1, 0.15) is 25.3 Å². The Morgan fingerprint density at radius 2 is 1.90 bits per heavy atom. The van der Waals surface area contributed by atoms with Crippen LogP contribution in [0.25, 0.3) is 0 Å². The summed E-state index contributed by atoms with van der Waals surface area (Å²) in [5.74, 6) is -0.522. The van der Waals surface area contributed by atoms with E-state index in [9.17, 15) is 12.8 Å². The maximum absolute atomic E-state index is 13.3. The summed E-state index contributed by atoms with van der Waals surface area (Å²) in [6.07, 6.45) is 1.49. The van der Waals surface area contributed by atoms with Crippen molar-refractivity contribution in [2.24, 2.45) is 0 Å². The third-order valence-corrected chi connectivity index (χ3v) is 6.24. The van der Waals surface area contributed by atoms with Crippen LogP contribution in [0.4, 0.5) is 4.39 Å². The van der Waals surface area contributed by atoms with Crippen molar-refractivity contribution >= 4 is 10.0 Å². The predicted molar refractivity (Wildman–Crippen MR) is 76.6 cm³/mol. The summed E-state index contributed by atoms with van der Waals surface area (Å²) in [6, 6.07) is 3.89. The lowest BCUT2D eigenvalue weighted by atomic mass is 9.91. The number of hydrogen-bond donors (Lipinski definition) is 1. The number of rotatable bonds is 3. The fourth-order valence-corrected chi connectivity index (χ4v) is 4.14. The quantitative estimate of drug-likeness (QED) is 0.927. The molecule has 1 aliphatic rings. The molecule has 0 aromatic heterocycles. The van der Waals surface area contributed by atoms with E-state index in [1.54, 1.807) is 6.92 Å². The number of nitrogens with one attached hydrogen (secondary N) is 1. The molecule has 1 aliphatic heterocycles. The maximum Gasteiger partial charge on any atom is 0.243 e. The lowest BCUT2D eigenvalue weighted by Crippen LogP contribution is -2.51. The molecule has 0 unspecified atom stereocenters. The largest absolute Gasteiger partial charge is 0.314 e. The Morgan fingerprint density at radius 1 is 1.30 bits per heavy atom. The van der Waals surface area contributed by atoms with Gasteiger partial charge in [0.05, 0.1) is 4.90 Å². The molecule has 1 saturated heterocycles. The fourth-order valence-electron chi connectivity index (χ4n) is 2.46. The Morgan fingerprint density at radius 3 is 2.45 bits per heavy atom. The van der Waals surface area contributed by atoms with Gasteiger partial charge in [-0.25, -0.2) is 12.8 Å². The average molecular weight is 300 g/mol. The first-order valence-electron chi connectivity index (χ1n) is 6.74. The molecule has 2 rings (SSSR count). The summed E-state index contributed by atoms with van der Waals surface area (Å²) >= 11 is 0. The van der Waals surface area contributed by atoms with Crippen LogP contribution in [0.2, 0.25) is 0 Å². The second-order valence-electron chi connectivity index (χ2n) is 5.62. The molecule has 0 amide bonds. The molecule has 1 aromatic rings. The minimum Gasteiger partial charge on any atom is -0.314 e. The summed E-state index contributed by atoms with van der Waals surface area (Å²) in [7, 11) is -1.72. The lowest BCUT2D eigenvalue weighted by Gasteiger charge is -2.38. The van der Waals surface area contributed by atoms with Crippen LogP contribution in [-0.2, 0) is 10.0 Å². The molecule has 112 valence electrons. The van der Waals surface area contributed by atoms with Gasteiger partial charge < -0.3 is 5.32 Å². The standard InChI is InChI=1S/C14H21FN2O2S/c1-11-4-5-12(15)10-13(11)20(18,19)17-8-6-14(2,16-3)7-9-17/h4-5,10,16H,6-9H2,1-3H3. The molecule has 4 nitrogen and oxygen atoms in total. The molecular weight excluding hydrogens is 279 g/mol. The molecule has 0 radical (unpaired) electrons. The highest BCUT2D eigenvalue weighted by Gasteiger charge is 2.35. The second-order valence-corrected chi connectivity index (χ2v) is 7.53. The zero-order valence-electron chi connectivity index (χ0n) is 12.1. The number of benzene rings is 1. The van der Waals surface area contributed by atoms with E-state index in [1.807, 2.05) is 7.05 Å². The first kappa shape index (κ1) is 15.4. The number of aryl methyl sites for hydroxylation is 1. The molecule has 0 saturated carbocycles. The molecule has 0 atom stereocenters. The normalized spacial score (nSPS) is 20.0. The van der Waals surface area contributed by atoms with Gasteiger partial charge in [-0.3, -0.25) is 0 Å². The SMILES string of the molecule is CNC1(C)CCN(S(=O)(=O)c2cc(F)ccc2C)CC1. The van der Waals surface area contributed by atoms with Crippen molar-refractivity contribution in [3.8, 4) is 0 Å². The van der Waals surface area contributed by atoms with Crippen molar-refractivity contribution < 1.29 is 12.8 Å². The van der Waals surface area contributed by atoms with Gasteiger partial charge in [0.1, 0.15) is 5.82 Å². The Bertz CT molecular complexity index is 593. The molecule has 1 heterocycles. The summed E-state index contributed by atoms with van der Waals surface area (Å²) in [6.45, 7) is 4.68. The summed E-state index contributed by atoms with van der Waals surface area (Å²) in [5, 5.41) is 3.23. The van der Waals surface area contributed by atoms with Crippen molar-refractivity contribution in [1.82, 2.24) is 9.62 Å². The first-order chi connectivity index (χ1) is 9.28. The summed E-state index contributed by atoms with van der Waals surface area (Å²) in [5.41, 5.74) is 0.552. The molecule has 0 spiro atoms. The van der Waals surface area contributed by atoms with Crippen molar-refractivity contribution in [1.29, 1.82) is 0 Å². The van der Waals surface area contributed by atoms with E-state index in [-0.39, 0.29) is 10.4 Å². The van der Waals surface area contributed by atoms with E-state index in [2.05, 4.69) is 12.2 Å². The van der Waals surface area contributed by atoms with Crippen LogP contribution in [-0.4, -0.2) is 38.4 Å². The number of sulfonamides is 1. The highest BCUT2D eigenvalue weighted by atomic mass is 32.2. The average Bonchev–Trinajstić information content (AvgIpc) is 2.42. The van der Waals surface area contributed by atoms with Crippen molar-refractivity contribution in [2.75, 3.05) is 20.1 Å². The maximum atomic E-state index is 13.3. The van der Waals surface area contributed by atoms with Gasteiger partial charge in [-0.1, -0.05) is 6.07 Å². The van der Waals surface area contributed by atoms with E-state index in [0.29, 0.717) is 18.7 Å². The summed E-state index contributed by atoms with van der Waals surface area (Å²) in [4.78, 5) is 0.0746. The van der Waals surface area contributed by atoms with Gasteiger partial charge in [0.15, 0.2) is 0 Å². The lowest BCUT2D eigenvalue weighted by molar-refractivity contribution is 0.219. The predicted octanol–water partition coefficient (Wildman–Crippen LogP) is 1.90. The monoisotopic (exact) mass is 300 g/mol. The van der Waals surface area contributed by atoms with Crippen molar-refractivity contribution in [2.45, 2.75) is 37.1 Å². The molecular formula is C14H21FN2O2S. The van der Waals surface area contributed by atoms with E-state index in [4.69, 9.17) is 0 Å². The molecule has 20 heavy (non-hydrogen) atoms. The highest BCUT2D eigenvalue weighted by molar-refractivity contribution is 7.89. The molecule has 1 aromatic carbocycles. The van der Waals surface area contributed by atoms with Crippen molar-refractivity contribution in [3.05, 3.63) is 29.6 Å². The van der Waals surface area contributed by atoms with Gasteiger partial charge in [-0.05, 0) is 51.4 Å². The van der Waals surface area contributed by atoms with Gasteiger partial charge in [-0.2, -0.15) is 4.31 Å². The van der Waals surface area contributed by atoms with Gasteiger partial charge in [-0.15, -0.1) is 0 Å². The number of halogens is 1. The smallest absolute Gasteiger partial charge is 0.243 e. The number of nitrogens with zero attached hydrogens (tertiary/aromatic N) is 1. The molecule has 6 heteroatoms. The van der Waals surface area contributed by atoms with Gasteiger partial charge in [0.25, 0.3) is 0 Å². The highest BCUT2D eigenvalue weighted by Crippen LogP contribution is 2.27. The van der Waals surface area contributed by atoms with Gasteiger partial charge >= 0.3 is 0 Å². The zero-order chi connectivity index (χ0) is 15.0. The number of hydrogen-bond acceptors (Lipinski definition) is 3. The fraction of sp³-hybridized carbons (Fsp3) is 0.571. The van der Waals surface area contributed by atoms with Crippen LogP contribution >= 0.6 is 0 Å². The molecule has 1 N–H and O–H groups in total. The summed E-state index contributed by atoms with van der Waals surface area (Å²) < 4.78 is 40.0. The van der Waals surface area contributed by atoms with Crippen LogP contribution in [0.3, 0.4) is 0 Å². The Balaban J connectivity index is 2.26. The first-order valence-corrected chi connectivity index (χ1v) is 8.18. The van der Waals surface area contributed by atoms with E-state index < -0.39 is 15.8 Å². The number of piperidine rings is 1. The molecule has 0 bridgehead atoms. The minimum absolute atomic E-state index is 0.0248. The van der Waals surface area contributed by atoms with Crippen LogP contribution in [0.15, 0.2) is 23.1 Å². The van der Waals surface area contributed by atoms with Gasteiger partial charge in [0.2, 0.25) is 10.0 Å². The Hall–Kier alpha value is -0.980. The van der Waals surface area contributed by atoms with Crippen LogP contribution < -0.4 is 5.32 Å². The van der Waals surface area contributed by atoms with Gasteiger partial charge in [0, 0.05) is 18.6 Å². The molecule has 0 aliphatic carbocycles. The van der Waals surface area contributed by atoms with Crippen LogP contribution in [0, 0.1) is 12.7 Å². The zero-order valence-corrected chi connectivity index (χ0v) is 12.9.